The van der Waals surface area contributed by atoms with Crippen molar-refractivity contribution in [2.75, 3.05) is 6.61 Å². The summed E-state index contributed by atoms with van der Waals surface area (Å²) >= 11 is 0. The van der Waals surface area contributed by atoms with Crippen molar-refractivity contribution in [2.45, 2.75) is 69.1 Å². The molecule has 2 aliphatic heterocycles. The maximum atomic E-state index is 13.2. The number of piperidine rings is 1. The van der Waals surface area contributed by atoms with E-state index in [1.807, 2.05) is 0 Å². The van der Waals surface area contributed by atoms with E-state index in [-0.39, 0.29) is 35.6 Å². The highest BCUT2D eigenvalue weighted by molar-refractivity contribution is 5.44. The lowest BCUT2D eigenvalue weighted by Crippen LogP contribution is -2.48. The molecule has 0 amide bonds. The number of ether oxygens (including phenoxy) is 2. The van der Waals surface area contributed by atoms with Crippen LogP contribution in [0.15, 0.2) is 36.5 Å². The predicted molar refractivity (Wildman–Crippen MR) is 112 cm³/mol. The molecular weight excluding hydrogens is 478 g/mol. The second-order valence-corrected chi connectivity index (χ2v) is 9.34. The molecule has 0 spiro atoms. The van der Waals surface area contributed by atoms with E-state index in [9.17, 15) is 26.3 Å². The Morgan fingerprint density at radius 2 is 1.49 bits per heavy atom. The van der Waals surface area contributed by atoms with Gasteiger partial charge in [-0.3, -0.25) is 0 Å². The second kappa shape index (κ2) is 9.07. The molecule has 2 aromatic rings. The van der Waals surface area contributed by atoms with Gasteiger partial charge >= 0.3 is 12.4 Å². The highest BCUT2D eigenvalue weighted by atomic mass is 19.4. The van der Waals surface area contributed by atoms with Crippen LogP contribution in [-0.4, -0.2) is 34.8 Å². The summed E-state index contributed by atoms with van der Waals surface area (Å²) in [5.74, 6) is 0.814. The van der Waals surface area contributed by atoms with Crippen molar-refractivity contribution in [3.05, 3.63) is 47.7 Å². The monoisotopic (exact) mass is 502 g/mol. The molecule has 0 N–H and O–H groups in total. The van der Waals surface area contributed by atoms with E-state index < -0.39 is 23.5 Å². The third-order valence-electron chi connectivity index (χ3n) is 6.62. The molecule has 0 radical (unpaired) electrons. The smallest absolute Gasteiger partial charge is 0.417 e. The third-order valence-corrected chi connectivity index (χ3v) is 6.62. The molecule has 3 aliphatic rings. The molecule has 2 bridgehead atoms. The maximum Gasteiger partial charge on any atom is 0.417 e. The number of aromatic nitrogens is 1. The number of benzene rings is 1. The summed E-state index contributed by atoms with van der Waals surface area (Å²) in [4.78, 5) is 9.59. The fourth-order valence-corrected chi connectivity index (χ4v) is 4.61. The topological polar surface area (TPSA) is 43.8 Å². The molecule has 190 valence electrons. The molecule has 35 heavy (non-hydrogen) atoms. The molecule has 5 nitrogen and oxygen atoms in total. The SMILES string of the molecule is FC(F)(F)c1ccc(ON2[C@@H]3CC[C@@H]2CC(Oc2ccc(C(F)(F)F)cc2OCC2CC2)C3)nc1. The average molecular weight is 502 g/mol. The van der Waals surface area contributed by atoms with E-state index >= 15 is 0 Å². The molecule has 1 aliphatic carbocycles. The van der Waals surface area contributed by atoms with E-state index in [0.29, 0.717) is 25.4 Å². The van der Waals surface area contributed by atoms with E-state index in [4.69, 9.17) is 14.3 Å². The van der Waals surface area contributed by atoms with Gasteiger partial charge < -0.3 is 14.3 Å². The Hall–Kier alpha value is -2.69. The van der Waals surface area contributed by atoms with Gasteiger partial charge in [0.25, 0.3) is 0 Å². The van der Waals surface area contributed by atoms with Crippen molar-refractivity contribution in [3.8, 4) is 17.4 Å². The van der Waals surface area contributed by atoms with Gasteiger partial charge in [-0.1, -0.05) is 0 Å². The van der Waals surface area contributed by atoms with Crippen LogP contribution in [0.3, 0.4) is 0 Å². The summed E-state index contributed by atoms with van der Waals surface area (Å²) in [7, 11) is 0. The molecule has 1 aromatic heterocycles. The number of fused-ring (bicyclic) bond motifs is 2. The lowest BCUT2D eigenvalue weighted by atomic mass is 10.0. The minimum Gasteiger partial charge on any atom is -0.489 e. The van der Waals surface area contributed by atoms with Crippen molar-refractivity contribution >= 4 is 0 Å². The zero-order chi connectivity index (χ0) is 24.8. The Labute approximate surface area is 197 Å². The Morgan fingerprint density at radius 1 is 0.829 bits per heavy atom. The highest BCUT2D eigenvalue weighted by Gasteiger charge is 2.44. The highest BCUT2D eigenvalue weighted by Crippen LogP contribution is 2.42. The molecule has 2 saturated heterocycles. The molecule has 3 fully saturated rings. The van der Waals surface area contributed by atoms with Gasteiger partial charge in [-0.2, -0.15) is 26.3 Å². The molecule has 11 heteroatoms. The number of pyridine rings is 1. The Morgan fingerprint density at radius 3 is 2.06 bits per heavy atom. The van der Waals surface area contributed by atoms with Gasteiger partial charge in [0.1, 0.15) is 6.10 Å². The van der Waals surface area contributed by atoms with Crippen molar-refractivity contribution in [2.24, 2.45) is 5.92 Å². The van der Waals surface area contributed by atoms with Crippen LogP contribution in [0.25, 0.3) is 0 Å². The Bertz CT molecular complexity index is 1030. The van der Waals surface area contributed by atoms with E-state index in [1.165, 1.54) is 12.1 Å². The van der Waals surface area contributed by atoms with Gasteiger partial charge in [-0.25, -0.2) is 4.98 Å². The normalized spacial score (nSPS) is 24.9. The van der Waals surface area contributed by atoms with Gasteiger partial charge in [0.15, 0.2) is 11.5 Å². The van der Waals surface area contributed by atoms with Crippen LogP contribution in [0.5, 0.6) is 17.4 Å². The first-order chi connectivity index (χ1) is 16.6. The van der Waals surface area contributed by atoms with E-state index in [0.717, 1.165) is 50.1 Å². The lowest BCUT2D eigenvalue weighted by Gasteiger charge is -2.37. The largest absolute Gasteiger partial charge is 0.489 e. The fourth-order valence-electron chi connectivity index (χ4n) is 4.61. The Kier molecular flexibility index (Phi) is 6.23. The number of hydrogen-bond acceptors (Lipinski definition) is 5. The summed E-state index contributed by atoms with van der Waals surface area (Å²) in [6.07, 6.45) is -3.74. The molecule has 3 heterocycles. The van der Waals surface area contributed by atoms with Crippen molar-refractivity contribution in [1.29, 1.82) is 0 Å². The quantitative estimate of drug-likeness (QED) is 0.417. The van der Waals surface area contributed by atoms with Gasteiger partial charge in [-0.05, 0) is 55.9 Å². The lowest BCUT2D eigenvalue weighted by molar-refractivity contribution is -0.143. The molecule has 1 aromatic carbocycles. The minimum atomic E-state index is -4.48. The number of alkyl halides is 6. The van der Waals surface area contributed by atoms with Gasteiger partial charge in [0.2, 0.25) is 5.88 Å². The minimum absolute atomic E-state index is 0.0480. The molecule has 0 unspecified atom stereocenters. The summed E-state index contributed by atoms with van der Waals surface area (Å²) in [6.45, 7) is 0.356. The summed E-state index contributed by atoms with van der Waals surface area (Å²) < 4.78 is 89.7. The van der Waals surface area contributed by atoms with Gasteiger partial charge in [0.05, 0.1) is 17.7 Å². The predicted octanol–water partition coefficient (Wildman–Crippen LogP) is 6.28. The zero-order valence-corrected chi connectivity index (χ0v) is 18.6. The fraction of sp³-hybridized carbons (Fsp3) is 0.542. The number of hydroxylamine groups is 2. The average Bonchev–Trinajstić information content (AvgIpc) is 3.58. The number of rotatable bonds is 7. The second-order valence-electron chi connectivity index (χ2n) is 9.34. The molecule has 2 atom stereocenters. The molecule has 1 saturated carbocycles. The van der Waals surface area contributed by atoms with Crippen LogP contribution in [0, 0.1) is 5.92 Å². The van der Waals surface area contributed by atoms with Gasteiger partial charge in [0, 0.05) is 37.2 Å². The summed E-state index contributed by atoms with van der Waals surface area (Å²) in [6, 6.07) is 5.30. The van der Waals surface area contributed by atoms with Crippen molar-refractivity contribution < 1.29 is 40.7 Å². The maximum absolute atomic E-state index is 13.2. The van der Waals surface area contributed by atoms with Crippen LogP contribution in [0.4, 0.5) is 26.3 Å². The summed E-state index contributed by atoms with van der Waals surface area (Å²) in [5, 5.41) is 1.76. The molecular formula is C24H24F6N2O3. The van der Waals surface area contributed by atoms with Crippen LogP contribution in [-0.2, 0) is 12.4 Å². The number of halogens is 6. The van der Waals surface area contributed by atoms with E-state index in [2.05, 4.69) is 4.98 Å². The van der Waals surface area contributed by atoms with Crippen molar-refractivity contribution in [3.63, 3.8) is 0 Å². The molecule has 5 rings (SSSR count). The third kappa shape index (κ3) is 5.60. The number of hydrogen-bond donors (Lipinski definition) is 0. The van der Waals surface area contributed by atoms with Crippen LogP contribution in [0.1, 0.15) is 49.7 Å². The van der Waals surface area contributed by atoms with Crippen molar-refractivity contribution in [1.82, 2.24) is 10.0 Å². The zero-order valence-electron chi connectivity index (χ0n) is 18.6. The van der Waals surface area contributed by atoms with Crippen LogP contribution >= 0.6 is 0 Å². The van der Waals surface area contributed by atoms with Crippen LogP contribution in [0.2, 0.25) is 0 Å². The van der Waals surface area contributed by atoms with Crippen LogP contribution < -0.4 is 14.3 Å². The number of nitrogens with zero attached hydrogens (tertiary/aromatic N) is 2. The van der Waals surface area contributed by atoms with Gasteiger partial charge in [-0.15, -0.1) is 5.06 Å². The summed E-state index contributed by atoms with van der Waals surface area (Å²) in [5.41, 5.74) is -1.64. The first-order valence-corrected chi connectivity index (χ1v) is 11.6. The van der Waals surface area contributed by atoms with E-state index in [1.54, 1.807) is 5.06 Å². The first kappa shape index (κ1) is 24.0. The Balaban J connectivity index is 1.25. The first-order valence-electron chi connectivity index (χ1n) is 11.6. The standard InChI is InChI=1S/C24H24F6N2O3/c25-23(26,27)15-3-7-20(21(9-15)33-13-14-1-2-14)34-19-10-17-5-6-18(11-19)32(17)35-22-8-4-16(12-31-22)24(28,29)30/h3-4,7-9,12,14,17-19H,1-2,5-6,10-11,13H2/t17-,18-/m1/s1.